The van der Waals surface area contributed by atoms with E-state index in [9.17, 15) is 0 Å². The fourth-order valence-electron chi connectivity index (χ4n) is 2.71. The van der Waals surface area contributed by atoms with Crippen LogP contribution < -0.4 is 5.32 Å². The van der Waals surface area contributed by atoms with E-state index < -0.39 is 0 Å². The maximum atomic E-state index is 9.11. The van der Waals surface area contributed by atoms with Crippen molar-refractivity contribution in [3.8, 4) is 0 Å². The Kier molecular flexibility index (Phi) is 5.90. The van der Waals surface area contributed by atoms with Crippen LogP contribution in [0.3, 0.4) is 0 Å². The monoisotopic (exact) mass is 242 g/mol. The molecule has 0 aromatic carbocycles. The van der Waals surface area contributed by atoms with Gasteiger partial charge in [-0.1, -0.05) is 20.8 Å². The van der Waals surface area contributed by atoms with Crippen molar-refractivity contribution in [2.75, 3.05) is 33.3 Å². The maximum Gasteiger partial charge on any atom is 0.0460 e. The van der Waals surface area contributed by atoms with Crippen molar-refractivity contribution in [2.45, 2.75) is 46.1 Å². The summed E-state index contributed by atoms with van der Waals surface area (Å²) in [7, 11) is 2.06. The van der Waals surface area contributed by atoms with E-state index in [2.05, 4.69) is 38.0 Å². The smallest absolute Gasteiger partial charge is 0.0460 e. The molecule has 0 radical (unpaired) electrons. The standard InChI is InChI=1S/C14H30N2O/c1-14(2,3)13(15-4)7-10-16-8-5-12(11-17)6-9-16/h12-13,15,17H,5-11H2,1-4H3. The highest BCUT2D eigenvalue weighted by Crippen LogP contribution is 2.23. The molecule has 1 heterocycles. The van der Waals surface area contributed by atoms with Gasteiger partial charge in [0.1, 0.15) is 0 Å². The van der Waals surface area contributed by atoms with Gasteiger partial charge in [-0.3, -0.25) is 0 Å². The predicted molar refractivity (Wildman–Crippen MR) is 73.2 cm³/mol. The lowest BCUT2D eigenvalue weighted by molar-refractivity contribution is 0.122. The van der Waals surface area contributed by atoms with Crippen LogP contribution in [0.25, 0.3) is 0 Å². The zero-order valence-electron chi connectivity index (χ0n) is 12.0. The molecule has 1 aliphatic heterocycles. The Morgan fingerprint density at radius 3 is 2.29 bits per heavy atom. The summed E-state index contributed by atoms with van der Waals surface area (Å²) in [6.07, 6.45) is 3.54. The van der Waals surface area contributed by atoms with Crippen molar-refractivity contribution in [1.82, 2.24) is 10.2 Å². The Labute approximate surface area is 107 Å². The molecule has 0 aliphatic carbocycles. The highest BCUT2D eigenvalue weighted by molar-refractivity contribution is 4.81. The number of nitrogens with zero attached hydrogens (tertiary/aromatic N) is 1. The van der Waals surface area contributed by atoms with Gasteiger partial charge < -0.3 is 15.3 Å². The fourth-order valence-corrected chi connectivity index (χ4v) is 2.71. The molecule has 0 aromatic rings. The molecule has 0 saturated carbocycles. The third kappa shape index (κ3) is 4.94. The molecule has 3 heteroatoms. The van der Waals surface area contributed by atoms with Gasteiger partial charge in [-0.2, -0.15) is 0 Å². The first-order chi connectivity index (χ1) is 7.97. The van der Waals surface area contributed by atoms with Gasteiger partial charge in [0.15, 0.2) is 0 Å². The second kappa shape index (κ2) is 6.72. The van der Waals surface area contributed by atoms with Crippen molar-refractivity contribution in [3.05, 3.63) is 0 Å². The number of likely N-dealkylation sites (tertiary alicyclic amines) is 1. The molecule has 1 unspecified atom stereocenters. The zero-order chi connectivity index (χ0) is 12.9. The summed E-state index contributed by atoms with van der Waals surface area (Å²) in [4.78, 5) is 2.54. The summed E-state index contributed by atoms with van der Waals surface area (Å²) in [5.41, 5.74) is 0.332. The number of rotatable bonds is 5. The molecule has 0 amide bonds. The third-order valence-electron chi connectivity index (χ3n) is 4.09. The lowest BCUT2D eigenvalue weighted by Crippen LogP contribution is -2.42. The largest absolute Gasteiger partial charge is 0.396 e. The van der Waals surface area contributed by atoms with Gasteiger partial charge in [0.25, 0.3) is 0 Å². The number of hydrogen-bond acceptors (Lipinski definition) is 3. The molecule has 0 aromatic heterocycles. The topological polar surface area (TPSA) is 35.5 Å². The number of aliphatic hydroxyl groups excluding tert-OH is 1. The normalized spacial score (nSPS) is 21.7. The van der Waals surface area contributed by atoms with E-state index in [0.717, 1.165) is 25.9 Å². The molecule has 1 atom stereocenters. The summed E-state index contributed by atoms with van der Waals surface area (Å²) in [6.45, 7) is 10.8. The van der Waals surface area contributed by atoms with Gasteiger partial charge in [0.05, 0.1) is 0 Å². The van der Waals surface area contributed by atoms with Crippen LogP contribution in [-0.2, 0) is 0 Å². The van der Waals surface area contributed by atoms with Crippen molar-refractivity contribution in [1.29, 1.82) is 0 Å². The predicted octanol–water partition coefficient (Wildman–Crippen LogP) is 1.71. The second-order valence-electron chi connectivity index (χ2n) is 6.46. The van der Waals surface area contributed by atoms with Gasteiger partial charge in [-0.25, -0.2) is 0 Å². The molecular formula is C14H30N2O. The SMILES string of the molecule is CNC(CCN1CCC(CO)CC1)C(C)(C)C. The van der Waals surface area contributed by atoms with Gasteiger partial charge in [0.2, 0.25) is 0 Å². The number of piperidine rings is 1. The molecule has 0 spiro atoms. The number of aliphatic hydroxyl groups is 1. The first-order valence-electron chi connectivity index (χ1n) is 6.98. The lowest BCUT2D eigenvalue weighted by Gasteiger charge is -2.35. The second-order valence-corrected chi connectivity index (χ2v) is 6.46. The zero-order valence-corrected chi connectivity index (χ0v) is 12.0. The minimum Gasteiger partial charge on any atom is -0.396 e. The van der Waals surface area contributed by atoms with Crippen LogP contribution >= 0.6 is 0 Å². The Morgan fingerprint density at radius 2 is 1.88 bits per heavy atom. The average molecular weight is 242 g/mol. The summed E-state index contributed by atoms with van der Waals surface area (Å²) in [5, 5.41) is 12.5. The van der Waals surface area contributed by atoms with E-state index in [4.69, 9.17) is 5.11 Å². The molecule has 1 fully saturated rings. The van der Waals surface area contributed by atoms with Crippen LogP contribution in [0.4, 0.5) is 0 Å². The Hall–Kier alpha value is -0.120. The van der Waals surface area contributed by atoms with Gasteiger partial charge in [0, 0.05) is 12.6 Å². The van der Waals surface area contributed by atoms with Crippen molar-refractivity contribution >= 4 is 0 Å². The number of nitrogens with one attached hydrogen (secondary N) is 1. The third-order valence-corrected chi connectivity index (χ3v) is 4.09. The Morgan fingerprint density at radius 1 is 1.29 bits per heavy atom. The summed E-state index contributed by atoms with van der Waals surface area (Å²) >= 11 is 0. The summed E-state index contributed by atoms with van der Waals surface area (Å²) in [5.74, 6) is 0.550. The Bertz CT molecular complexity index is 205. The van der Waals surface area contributed by atoms with Crippen LogP contribution in [0, 0.1) is 11.3 Å². The van der Waals surface area contributed by atoms with E-state index in [0.29, 0.717) is 24.0 Å². The van der Waals surface area contributed by atoms with Gasteiger partial charge >= 0.3 is 0 Å². The van der Waals surface area contributed by atoms with Gasteiger partial charge in [-0.15, -0.1) is 0 Å². The van der Waals surface area contributed by atoms with E-state index in [1.54, 1.807) is 0 Å². The first-order valence-corrected chi connectivity index (χ1v) is 6.98. The quantitative estimate of drug-likeness (QED) is 0.770. The van der Waals surface area contributed by atoms with Crippen molar-refractivity contribution in [2.24, 2.45) is 11.3 Å². The lowest BCUT2D eigenvalue weighted by atomic mass is 9.84. The minimum absolute atomic E-state index is 0.332. The highest BCUT2D eigenvalue weighted by atomic mass is 16.3. The van der Waals surface area contributed by atoms with Crippen LogP contribution in [0.1, 0.15) is 40.0 Å². The van der Waals surface area contributed by atoms with Crippen molar-refractivity contribution < 1.29 is 5.11 Å². The van der Waals surface area contributed by atoms with Crippen molar-refractivity contribution in [3.63, 3.8) is 0 Å². The highest BCUT2D eigenvalue weighted by Gasteiger charge is 2.24. The molecule has 3 nitrogen and oxygen atoms in total. The molecule has 1 saturated heterocycles. The van der Waals surface area contributed by atoms with E-state index in [1.807, 2.05) is 0 Å². The van der Waals surface area contributed by atoms with E-state index in [1.165, 1.54) is 13.0 Å². The molecule has 1 aliphatic rings. The van der Waals surface area contributed by atoms with E-state index in [-0.39, 0.29) is 0 Å². The summed E-state index contributed by atoms with van der Waals surface area (Å²) < 4.78 is 0. The first kappa shape index (κ1) is 14.9. The van der Waals surface area contributed by atoms with Gasteiger partial charge in [-0.05, 0) is 57.3 Å². The van der Waals surface area contributed by atoms with Crippen LogP contribution in [-0.4, -0.2) is 49.3 Å². The molecule has 1 rings (SSSR count). The van der Waals surface area contributed by atoms with Crippen LogP contribution in [0.2, 0.25) is 0 Å². The molecule has 2 N–H and O–H groups in total. The van der Waals surface area contributed by atoms with E-state index >= 15 is 0 Å². The van der Waals surface area contributed by atoms with Crippen LogP contribution in [0.15, 0.2) is 0 Å². The molecule has 0 bridgehead atoms. The average Bonchev–Trinajstić information content (AvgIpc) is 2.29. The molecule has 102 valence electrons. The number of hydrogen-bond donors (Lipinski definition) is 2. The maximum absolute atomic E-state index is 9.11. The summed E-state index contributed by atoms with van der Waals surface area (Å²) in [6, 6.07) is 0.582. The molecular weight excluding hydrogens is 212 g/mol. The fraction of sp³-hybridized carbons (Fsp3) is 1.00. The molecule has 17 heavy (non-hydrogen) atoms. The van der Waals surface area contributed by atoms with Crippen LogP contribution in [0.5, 0.6) is 0 Å². The minimum atomic E-state index is 0.332. The Balaban J connectivity index is 2.27.